The Bertz CT molecular complexity index is 1570. The Morgan fingerprint density at radius 1 is 0.957 bits per heavy atom. The van der Waals surface area contributed by atoms with Gasteiger partial charge in [-0.2, -0.15) is 13.2 Å². The topological polar surface area (TPSA) is 148 Å². The van der Waals surface area contributed by atoms with Crippen LogP contribution in [0.25, 0.3) is 0 Å². The number of fused-ring (bicyclic) bond motifs is 2. The third-order valence-corrected chi connectivity index (χ3v) is 10.3. The average Bonchev–Trinajstić information content (AvgIpc) is 3.62. The van der Waals surface area contributed by atoms with Crippen LogP contribution in [0.5, 0.6) is 11.5 Å². The van der Waals surface area contributed by atoms with E-state index in [2.05, 4.69) is 10.6 Å². The van der Waals surface area contributed by atoms with Crippen molar-refractivity contribution in [3.8, 4) is 11.5 Å². The van der Waals surface area contributed by atoms with E-state index in [-0.39, 0.29) is 47.6 Å². The zero-order valence-electron chi connectivity index (χ0n) is 25.8. The number of carboxylic acid groups (broad SMARTS) is 1. The minimum atomic E-state index is -5.62. The van der Waals surface area contributed by atoms with E-state index >= 15 is 0 Å². The molecule has 2 fully saturated rings. The number of alkyl halides is 3. The van der Waals surface area contributed by atoms with Crippen molar-refractivity contribution < 1.29 is 54.9 Å². The van der Waals surface area contributed by atoms with E-state index in [1.54, 1.807) is 0 Å². The summed E-state index contributed by atoms with van der Waals surface area (Å²) in [5.41, 5.74) is -5.64. The fourth-order valence-electron chi connectivity index (χ4n) is 6.47. The van der Waals surface area contributed by atoms with Crippen LogP contribution in [0.4, 0.5) is 23.2 Å². The summed E-state index contributed by atoms with van der Waals surface area (Å²) in [6, 6.07) is 5.55. The minimum absolute atomic E-state index is 0.00526. The lowest BCUT2D eigenvalue weighted by Gasteiger charge is -2.31. The highest BCUT2D eigenvalue weighted by Crippen LogP contribution is 2.49. The molecule has 47 heavy (non-hydrogen) atoms. The van der Waals surface area contributed by atoms with Gasteiger partial charge in [0.15, 0.2) is 11.6 Å². The molecule has 0 aliphatic heterocycles. The third kappa shape index (κ3) is 8.73. The Morgan fingerprint density at radius 2 is 1.64 bits per heavy atom. The van der Waals surface area contributed by atoms with Gasteiger partial charge in [0.1, 0.15) is 5.75 Å². The number of benzene rings is 2. The number of carbonyl (C=O) groups is 3. The van der Waals surface area contributed by atoms with Crippen molar-refractivity contribution in [2.45, 2.75) is 80.7 Å². The van der Waals surface area contributed by atoms with E-state index < -0.39 is 55.8 Å². The highest BCUT2D eigenvalue weighted by Gasteiger charge is 2.52. The van der Waals surface area contributed by atoms with E-state index in [9.17, 15) is 40.4 Å². The molecule has 0 saturated heterocycles. The van der Waals surface area contributed by atoms with Gasteiger partial charge in [-0.1, -0.05) is 31.7 Å². The lowest BCUT2D eigenvalue weighted by molar-refractivity contribution is -0.137. The normalized spacial score (nSPS) is 20.5. The number of hydrogen-bond acceptors (Lipinski definition) is 7. The maximum absolute atomic E-state index is 14.8. The number of anilines is 1. The molecule has 0 radical (unpaired) electrons. The van der Waals surface area contributed by atoms with Crippen LogP contribution in [0.15, 0.2) is 41.3 Å². The highest BCUT2D eigenvalue weighted by molar-refractivity contribution is 7.92. The molecule has 2 aromatic carbocycles. The van der Waals surface area contributed by atoms with Gasteiger partial charge in [-0.05, 0) is 68.2 Å². The number of carboxylic acids is 1. The van der Waals surface area contributed by atoms with Gasteiger partial charge in [-0.3, -0.25) is 14.4 Å². The average molecular weight is 687 g/mol. The van der Waals surface area contributed by atoms with Gasteiger partial charge in [-0.25, -0.2) is 12.8 Å². The van der Waals surface area contributed by atoms with Crippen LogP contribution >= 0.6 is 0 Å². The number of unbranched alkanes of at least 4 members (excludes halogenated alkanes) is 5. The van der Waals surface area contributed by atoms with E-state index in [1.165, 1.54) is 19.2 Å². The number of ether oxygens (including phenoxy) is 2. The van der Waals surface area contributed by atoms with Crippen LogP contribution in [0, 0.1) is 23.6 Å². The largest absolute Gasteiger partial charge is 0.501 e. The van der Waals surface area contributed by atoms with Gasteiger partial charge in [0.05, 0.1) is 30.1 Å². The van der Waals surface area contributed by atoms with Crippen LogP contribution < -0.4 is 20.1 Å². The molecule has 2 aliphatic rings. The first-order valence-electron chi connectivity index (χ1n) is 15.5. The van der Waals surface area contributed by atoms with Crippen molar-refractivity contribution in [1.29, 1.82) is 0 Å². The Morgan fingerprint density at radius 3 is 2.32 bits per heavy atom. The summed E-state index contributed by atoms with van der Waals surface area (Å²) < 4.78 is 88.6. The molecule has 4 rings (SSSR count). The number of methoxy groups -OCH3 is 1. The van der Waals surface area contributed by atoms with E-state index in [0.717, 1.165) is 56.4 Å². The predicted molar refractivity (Wildman–Crippen MR) is 162 cm³/mol. The second-order valence-electron chi connectivity index (χ2n) is 11.9. The van der Waals surface area contributed by atoms with Gasteiger partial charge < -0.3 is 25.2 Å². The second-order valence-corrected chi connectivity index (χ2v) is 13.9. The molecule has 10 nitrogen and oxygen atoms in total. The zero-order chi connectivity index (χ0) is 34.4. The molecule has 0 aromatic heterocycles. The van der Waals surface area contributed by atoms with Crippen molar-refractivity contribution in [3.05, 3.63) is 47.8 Å². The molecule has 0 heterocycles. The fraction of sp³-hybridized carbons (Fsp3) is 0.531. The number of nitrogens with one attached hydrogen (secondary N) is 2. The molecule has 258 valence electrons. The molecule has 2 saturated carbocycles. The quantitative estimate of drug-likeness (QED) is 0.142. The number of amides is 2. The highest BCUT2D eigenvalue weighted by atomic mass is 32.2. The molecule has 2 aromatic rings. The number of aliphatic carboxylic acids is 1. The molecule has 15 heteroatoms. The van der Waals surface area contributed by atoms with Gasteiger partial charge >= 0.3 is 11.5 Å². The molecule has 3 N–H and O–H groups in total. The molecule has 2 amide bonds. The zero-order valence-corrected chi connectivity index (χ0v) is 26.6. The van der Waals surface area contributed by atoms with Gasteiger partial charge in [0.2, 0.25) is 5.91 Å². The summed E-state index contributed by atoms with van der Waals surface area (Å²) in [6.45, 7) is 0.194. The van der Waals surface area contributed by atoms with Crippen molar-refractivity contribution in [2.24, 2.45) is 17.8 Å². The molecule has 2 aliphatic carbocycles. The van der Waals surface area contributed by atoms with Gasteiger partial charge in [0.25, 0.3) is 15.7 Å². The number of rotatable bonds is 16. The first-order chi connectivity index (χ1) is 22.2. The number of hydrogen-bond donors (Lipinski definition) is 3. The Balaban J connectivity index is 1.40. The van der Waals surface area contributed by atoms with Crippen LogP contribution in [0.2, 0.25) is 0 Å². The first kappa shape index (κ1) is 36.0. The summed E-state index contributed by atoms with van der Waals surface area (Å²) >= 11 is 0. The van der Waals surface area contributed by atoms with E-state index in [0.29, 0.717) is 25.7 Å². The summed E-state index contributed by atoms with van der Waals surface area (Å²) in [4.78, 5) is 36.5. The van der Waals surface area contributed by atoms with Crippen molar-refractivity contribution in [1.82, 2.24) is 5.32 Å². The van der Waals surface area contributed by atoms with Crippen molar-refractivity contribution in [2.75, 3.05) is 19.0 Å². The van der Waals surface area contributed by atoms with Crippen LogP contribution in [0.3, 0.4) is 0 Å². The molecular formula is C32H38F4N2O8S. The number of sulfone groups is 1. The predicted octanol–water partition coefficient (Wildman–Crippen LogP) is 6.11. The third-order valence-electron chi connectivity index (χ3n) is 8.77. The lowest BCUT2D eigenvalue weighted by Crippen LogP contribution is -2.48. The van der Waals surface area contributed by atoms with Crippen molar-refractivity contribution >= 4 is 33.3 Å². The van der Waals surface area contributed by atoms with Crippen molar-refractivity contribution in [3.63, 3.8) is 0 Å². The summed E-state index contributed by atoms with van der Waals surface area (Å²) in [7, 11) is -4.34. The lowest BCUT2D eigenvalue weighted by atomic mass is 9.83. The maximum Gasteiger partial charge on any atom is 0.501 e. The number of carbonyl (C=O) groups excluding carboxylic acids is 2. The van der Waals surface area contributed by atoms with Crippen LogP contribution in [-0.2, 0) is 19.4 Å². The summed E-state index contributed by atoms with van der Waals surface area (Å²) in [5, 5.41) is 14.1. The summed E-state index contributed by atoms with van der Waals surface area (Å²) in [5.74, 6) is -3.83. The Kier molecular flexibility index (Phi) is 11.7. The number of halogens is 4. The molecular weight excluding hydrogens is 648 g/mol. The molecule has 2 bridgehead atoms. The van der Waals surface area contributed by atoms with E-state index in [4.69, 9.17) is 14.6 Å². The molecule has 4 unspecified atom stereocenters. The minimum Gasteiger partial charge on any atom is -0.496 e. The monoisotopic (exact) mass is 686 g/mol. The SMILES string of the molecule is COc1cc(F)c(OCCCCCCCCC(=O)O)cc1C(=O)NC1C2CCC(C2)C1C(=O)Nc1cccc(S(=O)(=O)C(F)(F)F)c1. The Hall–Kier alpha value is -3.88. The van der Waals surface area contributed by atoms with Gasteiger partial charge in [-0.15, -0.1) is 0 Å². The maximum atomic E-state index is 14.8. The standard InChI is InChI=1S/C32H38F4N2O8S/c1-45-25-18-24(33)26(46-14-7-5-3-2-4-6-11-27(39)40)17-23(25)30(41)38-29-20-13-12-19(15-20)28(29)31(42)37-21-9-8-10-22(16-21)47(43,44)32(34,35)36/h8-10,16-20,28-29H,2-7,11-15H2,1H3,(H,37,42)(H,38,41)(H,39,40). The smallest absolute Gasteiger partial charge is 0.496 e. The second kappa shape index (κ2) is 15.3. The van der Waals surface area contributed by atoms with Crippen LogP contribution in [0.1, 0.15) is 74.6 Å². The first-order valence-corrected chi connectivity index (χ1v) is 17.0. The van der Waals surface area contributed by atoms with Crippen LogP contribution in [-0.4, -0.2) is 56.6 Å². The Labute approximate surface area is 270 Å². The van der Waals surface area contributed by atoms with E-state index in [1.807, 2.05) is 0 Å². The fourth-order valence-corrected chi connectivity index (χ4v) is 7.27. The summed E-state index contributed by atoms with van der Waals surface area (Å²) in [6.07, 6.45) is 6.83. The molecule has 0 spiro atoms. The van der Waals surface area contributed by atoms with Gasteiger partial charge in [0, 0.05) is 24.2 Å². The molecule has 4 atom stereocenters.